The molecule has 1 unspecified atom stereocenters. The summed E-state index contributed by atoms with van der Waals surface area (Å²) in [6.07, 6.45) is 2.52. The van der Waals surface area contributed by atoms with Crippen molar-refractivity contribution in [2.45, 2.75) is 25.4 Å². The number of carbonyl (C=O) groups is 2. The molecule has 2 fully saturated rings. The van der Waals surface area contributed by atoms with Crippen LogP contribution in [0.2, 0.25) is 0 Å². The Morgan fingerprint density at radius 1 is 1.25 bits per heavy atom. The number of pyridine rings is 1. The molecule has 0 radical (unpaired) electrons. The van der Waals surface area contributed by atoms with Gasteiger partial charge in [0.25, 0.3) is 5.91 Å². The molecule has 2 saturated heterocycles. The van der Waals surface area contributed by atoms with Crippen molar-refractivity contribution in [2.75, 3.05) is 19.6 Å². The van der Waals surface area contributed by atoms with E-state index in [0.717, 1.165) is 25.4 Å². The topological polar surface area (TPSA) is 100 Å². The zero-order valence-electron chi connectivity index (χ0n) is 14.9. The molecule has 1 aromatic carbocycles. The van der Waals surface area contributed by atoms with Crippen LogP contribution in [-0.4, -0.2) is 42.6 Å². The van der Waals surface area contributed by atoms with Gasteiger partial charge in [-0.3, -0.25) is 14.4 Å². The number of benzene rings is 1. The maximum Gasteiger partial charge on any atom is 0.312 e. The van der Waals surface area contributed by atoms with E-state index in [9.17, 15) is 23.2 Å². The molecule has 28 heavy (non-hydrogen) atoms. The van der Waals surface area contributed by atoms with Crippen molar-refractivity contribution in [3.8, 4) is 0 Å². The minimum absolute atomic E-state index is 0.0642. The van der Waals surface area contributed by atoms with Crippen LogP contribution in [0.1, 0.15) is 29.6 Å². The third-order valence-electron chi connectivity index (χ3n) is 5.53. The van der Waals surface area contributed by atoms with Crippen molar-refractivity contribution in [3.05, 3.63) is 45.8 Å². The van der Waals surface area contributed by atoms with Crippen molar-refractivity contribution in [3.63, 3.8) is 0 Å². The first-order valence-electron chi connectivity index (χ1n) is 9.10. The van der Waals surface area contributed by atoms with Crippen LogP contribution in [0.3, 0.4) is 0 Å². The number of aromatic nitrogens is 1. The number of carbonyl (C=O) groups excluding carboxylic acids is 2. The van der Waals surface area contributed by atoms with E-state index >= 15 is 0 Å². The molecular formula is C19H19F2N3O4. The number of hydrogen-bond acceptors (Lipinski definition) is 5. The van der Waals surface area contributed by atoms with E-state index in [1.54, 1.807) is 0 Å². The molecule has 0 aliphatic carbocycles. The molecule has 2 aromatic rings. The fourth-order valence-electron chi connectivity index (χ4n) is 3.99. The molecule has 7 nitrogen and oxygen atoms in total. The Labute approximate surface area is 158 Å². The maximum atomic E-state index is 13.8. The van der Waals surface area contributed by atoms with Crippen molar-refractivity contribution < 1.29 is 23.1 Å². The van der Waals surface area contributed by atoms with E-state index in [1.807, 2.05) is 0 Å². The first kappa shape index (κ1) is 18.5. The fraction of sp³-hybridized carbons (Fsp3) is 0.421. The zero-order chi connectivity index (χ0) is 19.9. The van der Waals surface area contributed by atoms with Crippen LogP contribution in [0.15, 0.2) is 23.1 Å². The summed E-state index contributed by atoms with van der Waals surface area (Å²) in [5, 5.41) is 5.54. The second-order valence-electron chi connectivity index (χ2n) is 7.31. The molecule has 1 amide bonds. The van der Waals surface area contributed by atoms with Gasteiger partial charge in [0, 0.05) is 18.7 Å². The Bertz CT molecular complexity index is 1010. The van der Waals surface area contributed by atoms with Gasteiger partial charge in [0.05, 0.1) is 22.9 Å². The number of fused-ring (bicyclic) bond motifs is 1. The van der Waals surface area contributed by atoms with Crippen molar-refractivity contribution in [2.24, 2.45) is 5.41 Å². The third kappa shape index (κ3) is 3.15. The highest BCUT2D eigenvalue weighted by Gasteiger charge is 2.49. The minimum atomic E-state index is -0.913. The van der Waals surface area contributed by atoms with Gasteiger partial charge in [0.2, 0.25) is 5.43 Å². The Morgan fingerprint density at radius 3 is 2.75 bits per heavy atom. The van der Waals surface area contributed by atoms with Crippen LogP contribution >= 0.6 is 0 Å². The molecule has 2 aliphatic heterocycles. The Kier molecular flexibility index (Phi) is 4.62. The molecule has 0 bridgehead atoms. The van der Waals surface area contributed by atoms with Crippen LogP contribution in [-0.2, 0) is 9.53 Å². The number of rotatable bonds is 3. The molecule has 3 heterocycles. The molecular weight excluding hydrogens is 372 g/mol. The van der Waals surface area contributed by atoms with Crippen LogP contribution in [0.4, 0.5) is 8.78 Å². The number of esters is 1. The number of amides is 1. The van der Waals surface area contributed by atoms with Gasteiger partial charge in [0.15, 0.2) is 0 Å². The zero-order valence-corrected chi connectivity index (χ0v) is 14.9. The molecule has 0 saturated carbocycles. The summed E-state index contributed by atoms with van der Waals surface area (Å²) >= 11 is 0. The number of hydrogen-bond donors (Lipinski definition) is 3. The number of piperidine rings is 1. The maximum absolute atomic E-state index is 13.8. The smallest absolute Gasteiger partial charge is 0.312 e. The molecule has 9 heteroatoms. The van der Waals surface area contributed by atoms with Crippen LogP contribution in [0.25, 0.3) is 10.9 Å². The lowest BCUT2D eigenvalue weighted by molar-refractivity contribution is -0.149. The highest BCUT2D eigenvalue weighted by atomic mass is 19.1. The highest BCUT2D eigenvalue weighted by molar-refractivity contribution is 5.97. The van der Waals surface area contributed by atoms with E-state index in [4.69, 9.17) is 4.74 Å². The van der Waals surface area contributed by atoms with E-state index in [1.165, 1.54) is 0 Å². The summed E-state index contributed by atoms with van der Waals surface area (Å²) in [5.74, 6) is -2.76. The van der Waals surface area contributed by atoms with E-state index in [-0.39, 0.29) is 29.0 Å². The minimum Gasteiger partial charge on any atom is -0.460 e. The SMILES string of the molecule is O=C(NCC1CC2(CCNCC2)C(=O)O1)c1c[nH]c2c(F)cc(F)cc2c1=O. The van der Waals surface area contributed by atoms with Gasteiger partial charge in [-0.1, -0.05) is 0 Å². The van der Waals surface area contributed by atoms with Gasteiger partial charge >= 0.3 is 5.97 Å². The fourth-order valence-corrected chi connectivity index (χ4v) is 3.99. The van der Waals surface area contributed by atoms with E-state index in [0.29, 0.717) is 25.3 Å². The predicted octanol–water partition coefficient (Wildman–Crippen LogP) is 1.22. The van der Waals surface area contributed by atoms with Gasteiger partial charge in [-0.15, -0.1) is 0 Å². The molecule has 4 rings (SSSR count). The third-order valence-corrected chi connectivity index (χ3v) is 5.53. The number of halogens is 2. The standard InChI is InChI=1S/C19H19F2N3O4/c20-10-5-12-15(14(21)6-10)23-9-13(16(12)25)17(26)24-8-11-7-19(18(27)28-11)1-3-22-4-2-19/h5-6,9,11,22H,1-4,7-8H2,(H,23,25)(H,24,26). The van der Waals surface area contributed by atoms with Gasteiger partial charge < -0.3 is 20.4 Å². The predicted molar refractivity (Wildman–Crippen MR) is 95.9 cm³/mol. The number of H-pyrrole nitrogens is 1. The van der Waals surface area contributed by atoms with Crippen LogP contribution < -0.4 is 16.1 Å². The Balaban J connectivity index is 1.48. The average molecular weight is 391 g/mol. The summed E-state index contributed by atoms with van der Waals surface area (Å²) in [7, 11) is 0. The number of ether oxygens (including phenoxy) is 1. The van der Waals surface area contributed by atoms with Crippen molar-refractivity contribution in [1.29, 1.82) is 0 Å². The van der Waals surface area contributed by atoms with Gasteiger partial charge in [-0.25, -0.2) is 8.78 Å². The molecule has 1 spiro atoms. The quantitative estimate of drug-likeness (QED) is 0.684. The Morgan fingerprint density at radius 2 is 2.00 bits per heavy atom. The summed E-state index contributed by atoms with van der Waals surface area (Å²) in [6, 6.07) is 1.54. The second-order valence-corrected chi connectivity index (χ2v) is 7.31. The molecule has 3 N–H and O–H groups in total. The molecule has 1 atom stereocenters. The first-order valence-corrected chi connectivity index (χ1v) is 9.10. The monoisotopic (exact) mass is 391 g/mol. The van der Waals surface area contributed by atoms with Crippen molar-refractivity contribution >= 4 is 22.8 Å². The summed E-state index contributed by atoms with van der Waals surface area (Å²) in [5.41, 5.74) is -1.71. The van der Waals surface area contributed by atoms with E-state index in [2.05, 4.69) is 15.6 Å². The average Bonchev–Trinajstić information content (AvgIpc) is 2.96. The van der Waals surface area contributed by atoms with Crippen LogP contribution in [0, 0.1) is 17.0 Å². The summed E-state index contributed by atoms with van der Waals surface area (Å²) in [6.45, 7) is 1.55. The van der Waals surface area contributed by atoms with Gasteiger partial charge in [0.1, 0.15) is 23.3 Å². The largest absolute Gasteiger partial charge is 0.460 e. The molecule has 2 aliphatic rings. The van der Waals surface area contributed by atoms with Gasteiger partial charge in [-0.05, 0) is 32.0 Å². The number of aromatic amines is 1. The van der Waals surface area contributed by atoms with E-state index < -0.39 is 34.5 Å². The highest BCUT2D eigenvalue weighted by Crippen LogP contribution is 2.41. The van der Waals surface area contributed by atoms with Gasteiger partial charge in [-0.2, -0.15) is 0 Å². The number of nitrogens with one attached hydrogen (secondary N) is 3. The first-order chi connectivity index (χ1) is 13.4. The van der Waals surface area contributed by atoms with Crippen LogP contribution in [0.5, 0.6) is 0 Å². The molecule has 1 aromatic heterocycles. The van der Waals surface area contributed by atoms with Crippen molar-refractivity contribution in [1.82, 2.24) is 15.6 Å². The lowest BCUT2D eigenvalue weighted by atomic mass is 9.76. The number of cyclic esters (lactones) is 1. The summed E-state index contributed by atoms with van der Waals surface area (Å²) in [4.78, 5) is 39.6. The summed E-state index contributed by atoms with van der Waals surface area (Å²) < 4.78 is 32.6. The lowest BCUT2D eigenvalue weighted by Gasteiger charge is -2.29. The molecule has 148 valence electrons. The second kappa shape index (κ2) is 6.97. The normalized spacial score (nSPS) is 21.1. The Hall–Kier alpha value is -2.81. The lowest BCUT2D eigenvalue weighted by Crippen LogP contribution is -2.40.